The van der Waals surface area contributed by atoms with Crippen LogP contribution in [0.1, 0.15) is 73.1 Å². The predicted molar refractivity (Wildman–Crippen MR) is 125 cm³/mol. The summed E-state index contributed by atoms with van der Waals surface area (Å²) in [5.74, 6) is 1.02. The highest BCUT2D eigenvalue weighted by Gasteiger charge is 2.63. The first-order valence-corrected chi connectivity index (χ1v) is 11.9. The van der Waals surface area contributed by atoms with Gasteiger partial charge in [0.05, 0.1) is 11.2 Å². The lowest BCUT2D eigenvalue weighted by Crippen LogP contribution is -2.64. The van der Waals surface area contributed by atoms with Crippen LogP contribution in [-0.4, -0.2) is 23.4 Å². The third-order valence-corrected chi connectivity index (χ3v) is 9.03. The quantitative estimate of drug-likeness (QED) is 0.532. The molecule has 4 nitrogen and oxygen atoms in total. The van der Waals surface area contributed by atoms with Gasteiger partial charge < -0.3 is 9.47 Å². The molecule has 6 atom stereocenters. The highest BCUT2D eigenvalue weighted by Crippen LogP contribution is 2.66. The molecule has 31 heavy (non-hydrogen) atoms. The SMILES string of the molecule is C=C[C@@]1(C)CC[C@@H]2[C@](C)(CCC3C(C)(C)[C@H](OC(=O)Nc4ccccc4)CC[C@]32C)O1. The molecule has 0 radical (unpaired) electrons. The first kappa shape index (κ1) is 22.4. The number of ether oxygens (including phenoxy) is 2. The molecule has 3 aliphatic rings. The molecule has 2 aliphatic carbocycles. The molecule has 1 amide bonds. The Hall–Kier alpha value is -1.81. The second-order valence-corrected chi connectivity index (χ2v) is 11.4. The summed E-state index contributed by atoms with van der Waals surface area (Å²) >= 11 is 0. The standard InChI is InChI=1S/C27H39NO3/c1-7-25(4)16-13-21-26(5)17-15-22(30-23(29)28-19-11-9-8-10-12-19)24(2,3)20(26)14-18-27(21,6)31-25/h7-12,20-22H,1,13-18H2,2-6H3,(H,28,29)/t20?,21-,22+,25-,26+,27-/m0/s1. The fourth-order valence-electron chi connectivity index (χ4n) is 7.41. The summed E-state index contributed by atoms with van der Waals surface area (Å²) in [6.07, 6.45) is 7.87. The van der Waals surface area contributed by atoms with Crippen molar-refractivity contribution in [2.24, 2.45) is 22.7 Å². The first-order chi connectivity index (χ1) is 14.5. The number of hydrogen-bond donors (Lipinski definition) is 1. The molecule has 3 fully saturated rings. The molecule has 1 heterocycles. The summed E-state index contributed by atoms with van der Waals surface area (Å²) in [7, 11) is 0. The van der Waals surface area contributed by atoms with Crippen molar-refractivity contribution < 1.29 is 14.3 Å². The molecular weight excluding hydrogens is 386 g/mol. The number of amides is 1. The zero-order chi connectivity index (χ0) is 22.5. The Morgan fingerprint density at radius 3 is 2.39 bits per heavy atom. The normalized spacial score (nSPS) is 41.4. The van der Waals surface area contributed by atoms with Crippen molar-refractivity contribution in [3.8, 4) is 0 Å². The summed E-state index contributed by atoms with van der Waals surface area (Å²) in [6.45, 7) is 15.6. The average Bonchev–Trinajstić information content (AvgIpc) is 2.70. The zero-order valence-corrected chi connectivity index (χ0v) is 19.9. The van der Waals surface area contributed by atoms with E-state index in [-0.39, 0.29) is 34.2 Å². The Labute approximate surface area is 187 Å². The van der Waals surface area contributed by atoms with Crippen LogP contribution in [0, 0.1) is 22.7 Å². The Kier molecular flexibility index (Phi) is 5.53. The van der Waals surface area contributed by atoms with Gasteiger partial charge in [-0.3, -0.25) is 5.32 Å². The van der Waals surface area contributed by atoms with E-state index in [0.717, 1.165) is 37.8 Å². The number of hydrogen-bond acceptors (Lipinski definition) is 3. The van der Waals surface area contributed by atoms with Gasteiger partial charge in [-0.25, -0.2) is 4.79 Å². The molecule has 1 aromatic rings. The molecule has 2 saturated carbocycles. The summed E-state index contributed by atoms with van der Waals surface area (Å²) < 4.78 is 12.8. The summed E-state index contributed by atoms with van der Waals surface area (Å²) in [5.41, 5.74) is 0.542. The minimum Gasteiger partial charge on any atom is -0.445 e. The molecule has 170 valence electrons. The van der Waals surface area contributed by atoms with Gasteiger partial charge in [0.2, 0.25) is 0 Å². The minimum absolute atomic E-state index is 0.0818. The van der Waals surface area contributed by atoms with Crippen LogP contribution in [0.25, 0.3) is 0 Å². The maximum atomic E-state index is 12.6. The van der Waals surface area contributed by atoms with Gasteiger partial charge >= 0.3 is 6.09 Å². The summed E-state index contributed by atoms with van der Waals surface area (Å²) in [5, 5.41) is 2.88. The maximum Gasteiger partial charge on any atom is 0.411 e. The monoisotopic (exact) mass is 425 g/mol. The number of benzene rings is 1. The first-order valence-electron chi connectivity index (χ1n) is 11.9. The second-order valence-electron chi connectivity index (χ2n) is 11.4. The highest BCUT2D eigenvalue weighted by molar-refractivity contribution is 5.84. The van der Waals surface area contributed by atoms with Crippen LogP contribution in [0.2, 0.25) is 0 Å². The van der Waals surface area contributed by atoms with Crippen molar-refractivity contribution in [3.05, 3.63) is 43.0 Å². The van der Waals surface area contributed by atoms with E-state index >= 15 is 0 Å². The van der Waals surface area contributed by atoms with E-state index in [9.17, 15) is 4.79 Å². The fraction of sp³-hybridized carbons (Fsp3) is 0.667. The smallest absolute Gasteiger partial charge is 0.411 e. The molecule has 4 rings (SSSR count). The van der Waals surface area contributed by atoms with Crippen molar-refractivity contribution >= 4 is 11.8 Å². The van der Waals surface area contributed by atoms with E-state index in [4.69, 9.17) is 9.47 Å². The van der Waals surface area contributed by atoms with Gasteiger partial charge in [-0.2, -0.15) is 0 Å². The van der Waals surface area contributed by atoms with Crippen molar-refractivity contribution in [1.82, 2.24) is 0 Å². The number of anilines is 1. The van der Waals surface area contributed by atoms with E-state index in [2.05, 4.69) is 46.5 Å². The Morgan fingerprint density at radius 1 is 1.03 bits per heavy atom. The van der Waals surface area contributed by atoms with Crippen LogP contribution >= 0.6 is 0 Å². The van der Waals surface area contributed by atoms with Crippen LogP contribution < -0.4 is 5.32 Å². The fourth-order valence-corrected chi connectivity index (χ4v) is 7.41. The molecule has 0 spiro atoms. The Morgan fingerprint density at radius 2 is 1.71 bits per heavy atom. The molecule has 1 N–H and O–H groups in total. The van der Waals surface area contributed by atoms with Gasteiger partial charge in [0.1, 0.15) is 6.10 Å². The molecule has 0 bridgehead atoms. The molecule has 1 aromatic carbocycles. The lowest BCUT2D eigenvalue weighted by Gasteiger charge is -2.66. The Balaban J connectivity index is 1.51. The number of nitrogens with one attached hydrogen (secondary N) is 1. The molecule has 0 aromatic heterocycles. The van der Waals surface area contributed by atoms with Crippen molar-refractivity contribution in [2.45, 2.75) is 90.4 Å². The molecule has 4 heteroatoms. The number of rotatable bonds is 3. The van der Waals surface area contributed by atoms with E-state index in [1.807, 2.05) is 36.4 Å². The lowest BCUT2D eigenvalue weighted by atomic mass is 9.44. The predicted octanol–water partition coefficient (Wildman–Crippen LogP) is 6.97. The van der Waals surface area contributed by atoms with Crippen LogP contribution in [0.5, 0.6) is 0 Å². The van der Waals surface area contributed by atoms with Crippen LogP contribution in [0.3, 0.4) is 0 Å². The maximum absolute atomic E-state index is 12.6. The van der Waals surface area contributed by atoms with Gasteiger partial charge in [-0.05, 0) is 81.8 Å². The summed E-state index contributed by atoms with van der Waals surface area (Å²) in [6, 6.07) is 9.52. The van der Waals surface area contributed by atoms with Crippen LogP contribution in [-0.2, 0) is 9.47 Å². The van der Waals surface area contributed by atoms with E-state index in [1.165, 1.54) is 6.42 Å². The largest absolute Gasteiger partial charge is 0.445 e. The number of carbonyl (C=O) groups is 1. The minimum atomic E-state index is -0.351. The molecule has 1 aliphatic heterocycles. The molecular formula is C27H39NO3. The van der Waals surface area contributed by atoms with Crippen molar-refractivity contribution in [2.75, 3.05) is 5.32 Å². The van der Waals surface area contributed by atoms with Crippen LogP contribution in [0.4, 0.5) is 10.5 Å². The van der Waals surface area contributed by atoms with Gasteiger partial charge in [0.15, 0.2) is 0 Å². The lowest BCUT2D eigenvalue weighted by molar-refractivity contribution is -0.261. The zero-order valence-electron chi connectivity index (χ0n) is 19.9. The van der Waals surface area contributed by atoms with Crippen molar-refractivity contribution in [3.63, 3.8) is 0 Å². The topological polar surface area (TPSA) is 47.6 Å². The number of fused-ring (bicyclic) bond motifs is 3. The molecule has 1 saturated heterocycles. The van der Waals surface area contributed by atoms with E-state index in [0.29, 0.717) is 11.8 Å². The third-order valence-electron chi connectivity index (χ3n) is 9.03. The van der Waals surface area contributed by atoms with Crippen molar-refractivity contribution in [1.29, 1.82) is 0 Å². The van der Waals surface area contributed by atoms with E-state index in [1.54, 1.807) is 0 Å². The molecule has 1 unspecified atom stereocenters. The van der Waals surface area contributed by atoms with Gasteiger partial charge in [0, 0.05) is 11.1 Å². The number of para-hydroxylation sites is 1. The average molecular weight is 426 g/mol. The van der Waals surface area contributed by atoms with Gasteiger partial charge in [-0.1, -0.05) is 45.0 Å². The van der Waals surface area contributed by atoms with Crippen LogP contribution in [0.15, 0.2) is 43.0 Å². The van der Waals surface area contributed by atoms with Gasteiger partial charge in [0.25, 0.3) is 0 Å². The number of carbonyl (C=O) groups excluding carboxylic acids is 1. The summed E-state index contributed by atoms with van der Waals surface area (Å²) in [4.78, 5) is 12.6. The highest BCUT2D eigenvalue weighted by atomic mass is 16.6. The Bertz CT molecular complexity index is 836. The van der Waals surface area contributed by atoms with Gasteiger partial charge in [-0.15, -0.1) is 6.58 Å². The van der Waals surface area contributed by atoms with E-state index < -0.39 is 0 Å². The second kappa shape index (κ2) is 7.65. The third kappa shape index (κ3) is 3.82.